The van der Waals surface area contributed by atoms with Gasteiger partial charge in [0.1, 0.15) is 5.75 Å². The van der Waals surface area contributed by atoms with Crippen molar-refractivity contribution in [2.45, 2.75) is 0 Å². The van der Waals surface area contributed by atoms with Crippen LogP contribution in [0.25, 0.3) is 0 Å². The maximum atomic E-state index is 8.30. The quantitative estimate of drug-likeness (QED) is 0.437. The highest BCUT2D eigenvalue weighted by Crippen LogP contribution is 2.16. The van der Waals surface area contributed by atoms with Crippen molar-refractivity contribution in [1.29, 1.82) is 5.26 Å². The molecule has 72 valence electrons. The van der Waals surface area contributed by atoms with Crippen molar-refractivity contribution in [2.24, 2.45) is 0 Å². The fraction of sp³-hybridized carbons (Fsp3) is 0.111. The highest BCUT2D eigenvalue weighted by Gasteiger charge is 1.97. The summed E-state index contributed by atoms with van der Waals surface area (Å²) in [5.41, 5.74) is 0.775. The Kier molecular flexibility index (Phi) is 3.70. The van der Waals surface area contributed by atoms with Crippen molar-refractivity contribution in [3.8, 4) is 11.9 Å². The average Bonchev–Trinajstić information content (AvgIpc) is 2.18. The van der Waals surface area contributed by atoms with Crippen LogP contribution in [0.15, 0.2) is 24.3 Å². The first-order valence-corrected chi connectivity index (χ1v) is 4.27. The molecule has 0 saturated carbocycles. The summed E-state index contributed by atoms with van der Waals surface area (Å²) in [4.78, 5) is 0. The maximum Gasteiger partial charge on any atom is 0.184 e. The van der Waals surface area contributed by atoms with Crippen molar-refractivity contribution < 1.29 is 4.74 Å². The molecular weight excluding hydrogens is 198 g/mol. The molecule has 0 saturated heterocycles. The van der Waals surface area contributed by atoms with Gasteiger partial charge in [0, 0.05) is 11.8 Å². The number of ether oxygens (including phenoxy) is 1. The van der Waals surface area contributed by atoms with Gasteiger partial charge in [-0.15, -0.1) is 0 Å². The molecule has 0 aliphatic heterocycles. The Morgan fingerprint density at radius 2 is 2.36 bits per heavy atom. The molecule has 1 aromatic carbocycles. The van der Waals surface area contributed by atoms with Crippen molar-refractivity contribution in [3.63, 3.8) is 0 Å². The van der Waals surface area contributed by atoms with Gasteiger partial charge in [-0.1, -0.05) is 6.07 Å². The van der Waals surface area contributed by atoms with Crippen LogP contribution >= 0.6 is 12.2 Å². The van der Waals surface area contributed by atoms with E-state index >= 15 is 0 Å². The molecule has 14 heavy (non-hydrogen) atoms. The maximum absolute atomic E-state index is 8.30. The normalized spacial score (nSPS) is 8.57. The zero-order valence-electron chi connectivity index (χ0n) is 7.57. The molecule has 0 radical (unpaired) electrons. The first kappa shape index (κ1) is 10.3. The lowest BCUT2D eigenvalue weighted by molar-refractivity contribution is 0.415. The third-order valence-electron chi connectivity index (χ3n) is 1.50. The number of nitrogens with one attached hydrogen (secondary N) is 2. The lowest BCUT2D eigenvalue weighted by atomic mass is 10.3. The smallest absolute Gasteiger partial charge is 0.184 e. The Morgan fingerprint density at radius 1 is 1.57 bits per heavy atom. The summed E-state index contributed by atoms with van der Waals surface area (Å²) < 4.78 is 5.03. The Hall–Kier alpha value is -1.80. The molecule has 0 unspecified atom stereocenters. The second-order valence-corrected chi connectivity index (χ2v) is 2.83. The molecule has 0 aliphatic rings. The van der Waals surface area contributed by atoms with Crippen LogP contribution in [0.2, 0.25) is 0 Å². The summed E-state index contributed by atoms with van der Waals surface area (Å²) in [6, 6.07) is 7.27. The molecular formula is C9H9N3OS. The number of nitriles is 1. The Labute approximate surface area is 87.5 Å². The molecule has 0 aliphatic carbocycles. The second-order valence-electron chi connectivity index (χ2n) is 2.42. The van der Waals surface area contributed by atoms with Gasteiger partial charge in [0.2, 0.25) is 0 Å². The third kappa shape index (κ3) is 2.92. The molecule has 5 heteroatoms. The van der Waals surface area contributed by atoms with E-state index in [2.05, 4.69) is 10.6 Å². The van der Waals surface area contributed by atoms with Crippen molar-refractivity contribution in [1.82, 2.24) is 5.32 Å². The largest absolute Gasteiger partial charge is 0.497 e. The predicted octanol–water partition coefficient (Wildman–Crippen LogP) is 1.46. The van der Waals surface area contributed by atoms with Crippen LogP contribution in [-0.4, -0.2) is 12.2 Å². The number of hydrogen-bond acceptors (Lipinski definition) is 3. The van der Waals surface area contributed by atoms with Gasteiger partial charge >= 0.3 is 0 Å². The molecule has 1 aromatic rings. The zero-order chi connectivity index (χ0) is 10.4. The first-order chi connectivity index (χ1) is 6.76. The van der Waals surface area contributed by atoms with Gasteiger partial charge in [0.15, 0.2) is 11.3 Å². The van der Waals surface area contributed by atoms with Gasteiger partial charge in [-0.25, -0.2) is 0 Å². The molecule has 0 amide bonds. The zero-order valence-corrected chi connectivity index (χ0v) is 8.39. The molecule has 4 nitrogen and oxygen atoms in total. The van der Waals surface area contributed by atoms with Crippen LogP contribution in [0.3, 0.4) is 0 Å². The van der Waals surface area contributed by atoms with Crippen LogP contribution in [0.5, 0.6) is 5.75 Å². The van der Waals surface area contributed by atoms with Gasteiger partial charge in [0.05, 0.1) is 7.11 Å². The summed E-state index contributed by atoms with van der Waals surface area (Å²) in [6.07, 6.45) is 1.73. The van der Waals surface area contributed by atoms with Crippen LogP contribution in [0.1, 0.15) is 0 Å². The van der Waals surface area contributed by atoms with E-state index in [0.717, 1.165) is 11.4 Å². The monoisotopic (exact) mass is 207 g/mol. The number of methoxy groups -OCH3 is 1. The van der Waals surface area contributed by atoms with Crippen LogP contribution < -0.4 is 15.4 Å². The summed E-state index contributed by atoms with van der Waals surface area (Å²) >= 11 is 4.83. The third-order valence-corrected chi connectivity index (χ3v) is 1.70. The summed E-state index contributed by atoms with van der Waals surface area (Å²) in [6.45, 7) is 0. The number of benzene rings is 1. The number of rotatable bonds is 2. The molecule has 0 atom stereocenters. The van der Waals surface area contributed by atoms with Crippen molar-refractivity contribution in [3.05, 3.63) is 24.3 Å². The second kappa shape index (κ2) is 5.04. The topological polar surface area (TPSA) is 57.1 Å². The van der Waals surface area contributed by atoms with Gasteiger partial charge < -0.3 is 10.1 Å². The number of anilines is 1. The standard InChI is InChI=1S/C9H9N3OS/c1-13-8-4-2-3-7(5-8)12-9(14)11-6-10/h2-5H,1H3,(H2,11,12,14). The minimum atomic E-state index is 0.265. The first-order valence-electron chi connectivity index (χ1n) is 3.86. The molecule has 0 fully saturated rings. The highest BCUT2D eigenvalue weighted by atomic mass is 32.1. The van der Waals surface area contributed by atoms with Gasteiger partial charge in [-0.05, 0) is 24.4 Å². The van der Waals surface area contributed by atoms with E-state index in [9.17, 15) is 0 Å². The predicted molar refractivity (Wildman–Crippen MR) is 58.0 cm³/mol. The summed E-state index contributed by atoms with van der Waals surface area (Å²) in [5, 5.41) is 13.7. The fourth-order valence-electron chi connectivity index (χ4n) is 0.914. The highest BCUT2D eigenvalue weighted by molar-refractivity contribution is 7.80. The number of nitrogens with zero attached hydrogens (tertiary/aromatic N) is 1. The van der Waals surface area contributed by atoms with Crippen LogP contribution in [-0.2, 0) is 0 Å². The summed E-state index contributed by atoms with van der Waals surface area (Å²) in [5.74, 6) is 0.731. The van der Waals surface area contributed by atoms with E-state index in [1.54, 1.807) is 19.4 Å². The van der Waals surface area contributed by atoms with E-state index in [-0.39, 0.29) is 5.11 Å². The molecule has 0 spiro atoms. The van der Waals surface area contributed by atoms with E-state index in [0.29, 0.717) is 0 Å². The lowest BCUT2D eigenvalue weighted by Crippen LogP contribution is -2.23. The lowest BCUT2D eigenvalue weighted by Gasteiger charge is -2.06. The summed E-state index contributed by atoms with van der Waals surface area (Å²) in [7, 11) is 1.59. The Bertz CT molecular complexity index is 373. The number of thiocarbonyl (C=S) groups is 1. The van der Waals surface area contributed by atoms with Crippen LogP contribution in [0, 0.1) is 11.5 Å². The molecule has 2 N–H and O–H groups in total. The molecule has 1 rings (SSSR count). The Balaban J connectivity index is 2.68. The number of hydrogen-bond donors (Lipinski definition) is 2. The molecule has 0 heterocycles. The molecule has 0 bridgehead atoms. The van der Waals surface area contributed by atoms with E-state index in [4.69, 9.17) is 22.2 Å². The van der Waals surface area contributed by atoms with E-state index in [1.165, 1.54) is 0 Å². The minimum Gasteiger partial charge on any atom is -0.497 e. The average molecular weight is 207 g/mol. The van der Waals surface area contributed by atoms with Crippen molar-refractivity contribution >= 4 is 23.0 Å². The van der Waals surface area contributed by atoms with Crippen molar-refractivity contribution in [2.75, 3.05) is 12.4 Å². The van der Waals surface area contributed by atoms with E-state index in [1.807, 2.05) is 18.2 Å². The van der Waals surface area contributed by atoms with Gasteiger partial charge in [0.25, 0.3) is 0 Å². The molecule has 0 aromatic heterocycles. The fourth-order valence-corrected chi connectivity index (χ4v) is 1.08. The minimum absolute atomic E-state index is 0.265. The van der Waals surface area contributed by atoms with Gasteiger partial charge in [-0.2, -0.15) is 5.26 Å². The Morgan fingerprint density at radius 3 is 3.00 bits per heavy atom. The van der Waals surface area contributed by atoms with Gasteiger partial charge in [-0.3, -0.25) is 5.32 Å². The van der Waals surface area contributed by atoms with E-state index < -0.39 is 0 Å². The SMILES string of the molecule is COc1cccc(NC(=S)NC#N)c1. The van der Waals surface area contributed by atoms with Crippen LogP contribution in [0.4, 0.5) is 5.69 Å².